The lowest BCUT2D eigenvalue weighted by molar-refractivity contribution is 0.0735. The van der Waals surface area contributed by atoms with E-state index in [2.05, 4.69) is 5.32 Å². The van der Waals surface area contributed by atoms with Crippen molar-refractivity contribution in [2.75, 3.05) is 19.0 Å². The lowest BCUT2D eigenvalue weighted by Crippen LogP contribution is -2.30. The van der Waals surface area contributed by atoms with Gasteiger partial charge in [0.15, 0.2) is 0 Å². The number of anilines is 1. The summed E-state index contributed by atoms with van der Waals surface area (Å²) in [7, 11) is 1.64. The molecule has 25 heavy (non-hydrogen) atoms. The van der Waals surface area contributed by atoms with Gasteiger partial charge in [-0.05, 0) is 54.8 Å². The fraction of sp³-hybridized carbons (Fsp3) is 0.263. The first kappa shape index (κ1) is 16.8. The highest BCUT2D eigenvalue weighted by atomic mass is 16.5. The highest BCUT2D eigenvalue weighted by molar-refractivity contribution is 5.95. The van der Waals surface area contributed by atoms with Crippen molar-refractivity contribution in [3.05, 3.63) is 59.7 Å². The van der Waals surface area contributed by atoms with E-state index in [1.54, 1.807) is 31.4 Å². The Morgan fingerprint density at radius 1 is 1.12 bits per heavy atom. The van der Waals surface area contributed by atoms with Gasteiger partial charge in [-0.15, -0.1) is 0 Å². The number of primary amides is 1. The number of hydrogen-bond acceptors (Lipinski definition) is 3. The number of amides is 3. The summed E-state index contributed by atoms with van der Waals surface area (Å²) in [6.07, 6.45) is 1.92. The zero-order valence-corrected chi connectivity index (χ0v) is 14.1. The van der Waals surface area contributed by atoms with Crippen LogP contribution >= 0.6 is 0 Å². The predicted molar refractivity (Wildman–Crippen MR) is 95.7 cm³/mol. The Balaban J connectivity index is 1.76. The van der Waals surface area contributed by atoms with Crippen molar-refractivity contribution >= 4 is 17.6 Å². The van der Waals surface area contributed by atoms with Gasteiger partial charge in [-0.2, -0.15) is 0 Å². The third kappa shape index (κ3) is 3.74. The molecule has 1 saturated heterocycles. The number of hydrogen-bond donors (Lipinski definition) is 2. The summed E-state index contributed by atoms with van der Waals surface area (Å²) >= 11 is 0. The highest BCUT2D eigenvalue weighted by Crippen LogP contribution is 2.34. The smallest absolute Gasteiger partial charge is 0.316 e. The van der Waals surface area contributed by atoms with Gasteiger partial charge in [0.1, 0.15) is 5.75 Å². The molecule has 0 aliphatic carbocycles. The highest BCUT2D eigenvalue weighted by Gasteiger charge is 2.30. The van der Waals surface area contributed by atoms with E-state index in [1.807, 2.05) is 29.2 Å². The lowest BCUT2D eigenvalue weighted by Gasteiger charge is -2.25. The maximum Gasteiger partial charge on any atom is 0.316 e. The number of carbonyl (C=O) groups excluding carboxylic acids is 2. The van der Waals surface area contributed by atoms with Crippen LogP contribution in [0.15, 0.2) is 48.5 Å². The van der Waals surface area contributed by atoms with E-state index in [9.17, 15) is 9.59 Å². The number of carbonyl (C=O) groups is 2. The second-order valence-corrected chi connectivity index (χ2v) is 6.00. The molecule has 130 valence electrons. The van der Waals surface area contributed by atoms with E-state index >= 15 is 0 Å². The molecule has 2 aromatic rings. The second-order valence-electron chi connectivity index (χ2n) is 6.00. The molecular weight excluding hydrogens is 318 g/mol. The number of methoxy groups -OCH3 is 1. The summed E-state index contributed by atoms with van der Waals surface area (Å²) in [4.78, 5) is 25.6. The van der Waals surface area contributed by atoms with E-state index in [0.717, 1.165) is 30.7 Å². The molecule has 1 unspecified atom stereocenters. The summed E-state index contributed by atoms with van der Waals surface area (Å²) in [6.45, 7) is 0.733. The maximum atomic E-state index is 12.9. The largest absolute Gasteiger partial charge is 0.497 e. The summed E-state index contributed by atoms with van der Waals surface area (Å²) in [5.74, 6) is 0.793. The number of nitrogens with two attached hydrogens (primary N) is 1. The van der Waals surface area contributed by atoms with Crippen LogP contribution in [0.4, 0.5) is 10.5 Å². The number of rotatable bonds is 4. The van der Waals surface area contributed by atoms with Crippen LogP contribution in [-0.2, 0) is 0 Å². The molecule has 0 bridgehead atoms. The fourth-order valence-electron chi connectivity index (χ4n) is 3.19. The van der Waals surface area contributed by atoms with Crippen LogP contribution in [-0.4, -0.2) is 30.5 Å². The Bertz CT molecular complexity index is 756. The summed E-state index contributed by atoms with van der Waals surface area (Å²) in [6, 6.07) is 14.1. The van der Waals surface area contributed by atoms with Crippen molar-refractivity contribution < 1.29 is 14.3 Å². The molecule has 6 heteroatoms. The third-order valence-corrected chi connectivity index (χ3v) is 4.41. The van der Waals surface area contributed by atoms with Gasteiger partial charge in [-0.3, -0.25) is 4.79 Å². The average molecular weight is 339 g/mol. The minimum absolute atomic E-state index is 0.0102. The van der Waals surface area contributed by atoms with E-state index in [1.165, 1.54) is 0 Å². The standard InChI is InChI=1S/C19H21N3O3/c1-25-16-10-6-13(7-11-16)17-3-2-12-22(17)18(23)14-4-8-15(9-5-14)21-19(20)24/h4-11,17H,2-3,12H2,1H3,(H3,20,21,24). The molecule has 3 amide bonds. The number of nitrogens with zero attached hydrogens (tertiary/aromatic N) is 1. The molecule has 1 atom stereocenters. The number of likely N-dealkylation sites (tertiary alicyclic amines) is 1. The summed E-state index contributed by atoms with van der Waals surface area (Å²) in [5.41, 5.74) is 7.36. The molecule has 1 aliphatic heterocycles. The van der Waals surface area contributed by atoms with Gasteiger partial charge < -0.3 is 20.7 Å². The van der Waals surface area contributed by atoms with Gasteiger partial charge in [-0.1, -0.05) is 12.1 Å². The molecule has 2 aromatic carbocycles. The molecule has 3 N–H and O–H groups in total. The van der Waals surface area contributed by atoms with Crippen LogP contribution in [0.3, 0.4) is 0 Å². The van der Waals surface area contributed by atoms with Gasteiger partial charge in [0.2, 0.25) is 0 Å². The van der Waals surface area contributed by atoms with Crippen molar-refractivity contribution in [3.8, 4) is 5.75 Å². The monoisotopic (exact) mass is 339 g/mol. The lowest BCUT2D eigenvalue weighted by atomic mass is 10.0. The Kier molecular flexibility index (Phi) is 4.88. The third-order valence-electron chi connectivity index (χ3n) is 4.41. The number of ether oxygens (including phenoxy) is 1. The van der Waals surface area contributed by atoms with E-state index in [-0.39, 0.29) is 11.9 Å². The van der Waals surface area contributed by atoms with Crippen molar-refractivity contribution in [2.24, 2.45) is 5.73 Å². The molecule has 0 radical (unpaired) electrons. The molecule has 0 aromatic heterocycles. The van der Waals surface area contributed by atoms with Gasteiger partial charge in [0, 0.05) is 17.8 Å². The first-order valence-corrected chi connectivity index (χ1v) is 8.20. The van der Waals surface area contributed by atoms with Crippen molar-refractivity contribution in [1.82, 2.24) is 4.90 Å². The number of nitrogens with one attached hydrogen (secondary N) is 1. The quantitative estimate of drug-likeness (QED) is 0.897. The normalized spacial score (nSPS) is 16.5. The van der Waals surface area contributed by atoms with E-state index in [0.29, 0.717) is 11.3 Å². The molecule has 1 fully saturated rings. The molecular formula is C19H21N3O3. The Morgan fingerprint density at radius 3 is 2.40 bits per heavy atom. The minimum atomic E-state index is -0.627. The Hall–Kier alpha value is -3.02. The molecule has 0 saturated carbocycles. The SMILES string of the molecule is COc1ccc(C2CCCN2C(=O)c2ccc(NC(N)=O)cc2)cc1. The van der Waals surface area contributed by atoms with Crippen molar-refractivity contribution in [1.29, 1.82) is 0 Å². The molecule has 1 heterocycles. The first-order chi connectivity index (χ1) is 12.1. The van der Waals surface area contributed by atoms with Crippen LogP contribution in [0, 0.1) is 0 Å². The van der Waals surface area contributed by atoms with Crippen molar-refractivity contribution in [3.63, 3.8) is 0 Å². The Morgan fingerprint density at radius 2 is 1.80 bits per heavy atom. The average Bonchev–Trinajstić information content (AvgIpc) is 3.11. The molecule has 3 rings (SSSR count). The Labute approximate surface area is 146 Å². The van der Waals surface area contributed by atoms with Gasteiger partial charge in [0.25, 0.3) is 5.91 Å². The molecule has 0 spiro atoms. The van der Waals surface area contributed by atoms with Gasteiger partial charge in [-0.25, -0.2) is 4.79 Å². The van der Waals surface area contributed by atoms with Crippen LogP contribution < -0.4 is 15.8 Å². The van der Waals surface area contributed by atoms with Gasteiger partial charge in [0.05, 0.1) is 13.2 Å². The first-order valence-electron chi connectivity index (χ1n) is 8.20. The number of urea groups is 1. The van der Waals surface area contributed by atoms with Crippen LogP contribution in [0.25, 0.3) is 0 Å². The molecule has 1 aliphatic rings. The zero-order chi connectivity index (χ0) is 17.8. The van der Waals surface area contributed by atoms with Crippen LogP contribution in [0.1, 0.15) is 34.8 Å². The topological polar surface area (TPSA) is 84.7 Å². The van der Waals surface area contributed by atoms with E-state index < -0.39 is 6.03 Å². The summed E-state index contributed by atoms with van der Waals surface area (Å²) < 4.78 is 5.19. The fourth-order valence-corrected chi connectivity index (χ4v) is 3.19. The second kappa shape index (κ2) is 7.25. The predicted octanol–water partition coefficient (Wildman–Crippen LogP) is 3.16. The molecule has 6 nitrogen and oxygen atoms in total. The number of benzene rings is 2. The van der Waals surface area contributed by atoms with Crippen molar-refractivity contribution in [2.45, 2.75) is 18.9 Å². The van der Waals surface area contributed by atoms with Crippen LogP contribution in [0.2, 0.25) is 0 Å². The van der Waals surface area contributed by atoms with E-state index in [4.69, 9.17) is 10.5 Å². The zero-order valence-electron chi connectivity index (χ0n) is 14.1. The van der Waals surface area contributed by atoms with Gasteiger partial charge >= 0.3 is 6.03 Å². The minimum Gasteiger partial charge on any atom is -0.497 e. The van der Waals surface area contributed by atoms with Crippen LogP contribution in [0.5, 0.6) is 5.75 Å². The summed E-state index contributed by atoms with van der Waals surface area (Å²) in [5, 5.41) is 2.49. The maximum absolute atomic E-state index is 12.9.